The second-order valence-electron chi connectivity index (χ2n) is 6.03. The van der Waals surface area contributed by atoms with Gasteiger partial charge in [0.2, 0.25) is 11.8 Å². The molecule has 1 heterocycles. The van der Waals surface area contributed by atoms with Crippen molar-refractivity contribution < 1.29 is 9.59 Å². The molecule has 0 saturated heterocycles. The fourth-order valence-corrected chi connectivity index (χ4v) is 4.84. The van der Waals surface area contributed by atoms with Gasteiger partial charge in [-0.2, -0.15) is 0 Å². The summed E-state index contributed by atoms with van der Waals surface area (Å²) in [4.78, 5) is 28.4. The predicted octanol–water partition coefficient (Wildman–Crippen LogP) is 2.80. The highest BCUT2D eigenvalue weighted by Gasteiger charge is 2.15. The lowest BCUT2D eigenvalue weighted by molar-refractivity contribution is -0.119. The molecule has 2 rings (SSSR count). The number of thiazole rings is 1. The first-order valence-corrected chi connectivity index (χ1v) is 10.0. The first-order chi connectivity index (χ1) is 11.0. The van der Waals surface area contributed by atoms with Crippen LogP contribution >= 0.6 is 23.1 Å². The van der Waals surface area contributed by atoms with E-state index < -0.39 is 0 Å². The maximum Gasteiger partial charge on any atom is 0.230 e. The van der Waals surface area contributed by atoms with E-state index in [0.717, 1.165) is 27.8 Å². The van der Waals surface area contributed by atoms with Gasteiger partial charge in [0, 0.05) is 10.9 Å². The van der Waals surface area contributed by atoms with Gasteiger partial charge in [-0.15, -0.1) is 11.3 Å². The molecule has 128 valence electrons. The summed E-state index contributed by atoms with van der Waals surface area (Å²) in [5, 5.41) is 3.15. The monoisotopic (exact) mass is 355 g/mol. The SMILES string of the molecule is Cc1nc(SCC(=O)NC2CCCCCCC2)sc1CC(N)=O. The van der Waals surface area contributed by atoms with E-state index in [0.29, 0.717) is 11.8 Å². The third-order valence-electron chi connectivity index (χ3n) is 4.00. The smallest absolute Gasteiger partial charge is 0.230 e. The van der Waals surface area contributed by atoms with Crippen LogP contribution in [-0.2, 0) is 16.0 Å². The zero-order valence-electron chi connectivity index (χ0n) is 13.6. The Morgan fingerprint density at radius 2 is 1.91 bits per heavy atom. The van der Waals surface area contributed by atoms with Crippen LogP contribution in [0, 0.1) is 6.92 Å². The molecular formula is C16H25N3O2S2. The molecule has 0 aliphatic heterocycles. The number of amides is 2. The molecule has 1 aliphatic rings. The van der Waals surface area contributed by atoms with E-state index in [4.69, 9.17) is 5.73 Å². The van der Waals surface area contributed by atoms with Crippen LogP contribution in [0.4, 0.5) is 0 Å². The van der Waals surface area contributed by atoms with Crippen molar-refractivity contribution in [3.63, 3.8) is 0 Å². The van der Waals surface area contributed by atoms with E-state index in [2.05, 4.69) is 10.3 Å². The fraction of sp³-hybridized carbons (Fsp3) is 0.688. The van der Waals surface area contributed by atoms with Gasteiger partial charge in [0.1, 0.15) is 0 Å². The van der Waals surface area contributed by atoms with Crippen molar-refractivity contribution in [1.82, 2.24) is 10.3 Å². The second-order valence-corrected chi connectivity index (χ2v) is 8.34. The lowest BCUT2D eigenvalue weighted by atomic mass is 9.97. The number of rotatable bonds is 6. The Bertz CT molecular complexity index is 537. The Morgan fingerprint density at radius 1 is 1.26 bits per heavy atom. The number of nitrogens with zero attached hydrogens (tertiary/aromatic N) is 1. The molecule has 1 aromatic heterocycles. The molecule has 3 N–H and O–H groups in total. The zero-order chi connectivity index (χ0) is 16.7. The summed E-state index contributed by atoms with van der Waals surface area (Å²) in [6, 6.07) is 0.326. The molecule has 1 aliphatic carbocycles. The van der Waals surface area contributed by atoms with Crippen molar-refractivity contribution in [2.24, 2.45) is 5.73 Å². The van der Waals surface area contributed by atoms with Gasteiger partial charge in [0.05, 0.1) is 17.9 Å². The van der Waals surface area contributed by atoms with Crippen molar-refractivity contribution in [3.8, 4) is 0 Å². The van der Waals surface area contributed by atoms with Crippen LogP contribution in [0.5, 0.6) is 0 Å². The summed E-state index contributed by atoms with van der Waals surface area (Å²) in [6.07, 6.45) is 8.71. The molecule has 0 aromatic carbocycles. The highest BCUT2D eigenvalue weighted by atomic mass is 32.2. The molecule has 2 amide bonds. The number of nitrogens with one attached hydrogen (secondary N) is 1. The number of thioether (sulfide) groups is 1. The number of aryl methyl sites for hydroxylation is 1. The van der Waals surface area contributed by atoms with Crippen LogP contribution in [0.1, 0.15) is 55.5 Å². The summed E-state index contributed by atoms with van der Waals surface area (Å²) in [5.41, 5.74) is 6.05. The van der Waals surface area contributed by atoms with Crippen molar-refractivity contribution >= 4 is 34.9 Å². The highest BCUT2D eigenvalue weighted by Crippen LogP contribution is 2.27. The number of nitrogens with two attached hydrogens (primary N) is 1. The summed E-state index contributed by atoms with van der Waals surface area (Å²) >= 11 is 2.88. The van der Waals surface area contributed by atoms with Crippen LogP contribution in [-0.4, -0.2) is 28.6 Å². The number of carbonyl (C=O) groups is 2. The van der Waals surface area contributed by atoms with Gasteiger partial charge >= 0.3 is 0 Å². The van der Waals surface area contributed by atoms with Crippen molar-refractivity contribution in [3.05, 3.63) is 10.6 Å². The fourth-order valence-electron chi connectivity index (χ4n) is 2.78. The molecule has 0 spiro atoms. The summed E-state index contributed by atoms with van der Waals surface area (Å²) in [6.45, 7) is 1.87. The molecule has 7 heteroatoms. The molecule has 1 fully saturated rings. The Balaban J connectivity index is 1.78. The van der Waals surface area contributed by atoms with Gasteiger partial charge in [0.15, 0.2) is 4.34 Å². The average Bonchev–Trinajstić information content (AvgIpc) is 2.79. The minimum absolute atomic E-state index is 0.0740. The Kier molecular flexibility index (Phi) is 7.36. The van der Waals surface area contributed by atoms with Crippen LogP contribution in [0.2, 0.25) is 0 Å². The standard InChI is InChI=1S/C16H25N3O2S2/c1-11-13(9-14(17)20)23-16(18-11)22-10-15(21)19-12-7-5-3-2-4-6-8-12/h12H,2-10H2,1H3,(H2,17,20)(H,19,21). The van der Waals surface area contributed by atoms with Crippen molar-refractivity contribution in [2.75, 3.05) is 5.75 Å². The average molecular weight is 356 g/mol. The molecule has 0 bridgehead atoms. The van der Waals surface area contributed by atoms with E-state index in [1.807, 2.05) is 6.92 Å². The highest BCUT2D eigenvalue weighted by molar-refractivity contribution is 8.01. The van der Waals surface area contributed by atoms with Crippen molar-refractivity contribution in [2.45, 2.75) is 68.7 Å². The van der Waals surface area contributed by atoms with Crippen LogP contribution < -0.4 is 11.1 Å². The minimum Gasteiger partial charge on any atom is -0.369 e. The number of hydrogen-bond acceptors (Lipinski definition) is 5. The van der Waals surface area contributed by atoms with Gasteiger partial charge in [-0.1, -0.05) is 43.9 Å². The van der Waals surface area contributed by atoms with E-state index in [-0.39, 0.29) is 18.2 Å². The van der Waals surface area contributed by atoms with Gasteiger partial charge in [-0.25, -0.2) is 4.98 Å². The minimum atomic E-state index is -0.352. The zero-order valence-corrected chi connectivity index (χ0v) is 15.2. The maximum absolute atomic E-state index is 12.1. The molecule has 1 saturated carbocycles. The van der Waals surface area contributed by atoms with E-state index in [1.165, 1.54) is 55.2 Å². The largest absolute Gasteiger partial charge is 0.369 e. The third-order valence-corrected chi connectivity index (χ3v) is 6.31. The molecule has 5 nitrogen and oxygen atoms in total. The molecule has 23 heavy (non-hydrogen) atoms. The number of aromatic nitrogens is 1. The van der Waals surface area contributed by atoms with Gasteiger partial charge in [-0.3, -0.25) is 9.59 Å². The Hall–Kier alpha value is -1.08. The number of primary amides is 1. The summed E-state index contributed by atoms with van der Waals surface area (Å²) in [7, 11) is 0. The van der Waals surface area contributed by atoms with E-state index in [9.17, 15) is 9.59 Å². The van der Waals surface area contributed by atoms with E-state index >= 15 is 0 Å². The second kappa shape index (κ2) is 9.27. The Labute approximate surface area is 145 Å². The first kappa shape index (κ1) is 18.3. The maximum atomic E-state index is 12.1. The number of hydrogen-bond donors (Lipinski definition) is 2. The Morgan fingerprint density at radius 3 is 2.57 bits per heavy atom. The lowest BCUT2D eigenvalue weighted by Crippen LogP contribution is -2.36. The molecule has 0 radical (unpaired) electrons. The summed E-state index contributed by atoms with van der Waals surface area (Å²) in [5.74, 6) is 0.0969. The first-order valence-electron chi connectivity index (χ1n) is 8.21. The van der Waals surface area contributed by atoms with Gasteiger partial charge in [-0.05, 0) is 19.8 Å². The van der Waals surface area contributed by atoms with Crippen LogP contribution in [0.3, 0.4) is 0 Å². The van der Waals surface area contributed by atoms with Crippen LogP contribution in [0.15, 0.2) is 4.34 Å². The van der Waals surface area contributed by atoms with Crippen molar-refractivity contribution in [1.29, 1.82) is 0 Å². The molecule has 0 unspecified atom stereocenters. The molecule has 1 aromatic rings. The van der Waals surface area contributed by atoms with Crippen LogP contribution in [0.25, 0.3) is 0 Å². The third kappa shape index (κ3) is 6.51. The lowest BCUT2D eigenvalue weighted by Gasteiger charge is -2.20. The summed E-state index contributed by atoms with van der Waals surface area (Å²) < 4.78 is 0.826. The molecular weight excluding hydrogens is 330 g/mol. The topological polar surface area (TPSA) is 85.1 Å². The molecule has 0 atom stereocenters. The predicted molar refractivity (Wildman–Crippen MR) is 94.7 cm³/mol. The number of carbonyl (C=O) groups excluding carboxylic acids is 2. The van der Waals surface area contributed by atoms with Gasteiger partial charge < -0.3 is 11.1 Å². The quantitative estimate of drug-likeness (QED) is 0.769. The normalized spacial score (nSPS) is 16.6. The van der Waals surface area contributed by atoms with E-state index in [1.54, 1.807) is 0 Å². The van der Waals surface area contributed by atoms with Gasteiger partial charge in [0.25, 0.3) is 0 Å².